The summed E-state index contributed by atoms with van der Waals surface area (Å²) in [5.74, 6) is 0. The molecule has 0 nitrogen and oxygen atoms in total. The monoisotopic (exact) mass is 268 g/mol. The van der Waals surface area contributed by atoms with E-state index in [1.165, 1.54) is 32.7 Å². The van der Waals surface area contributed by atoms with Crippen LogP contribution in [0.15, 0.2) is 84.9 Å². The summed E-state index contributed by atoms with van der Waals surface area (Å²) in [6, 6.07) is 30.5. The average Bonchev–Trinajstić information content (AvgIpc) is 2.55. The van der Waals surface area contributed by atoms with Gasteiger partial charge in [0.25, 0.3) is 0 Å². The predicted molar refractivity (Wildman–Crippen MR) is 90.7 cm³/mol. The van der Waals surface area contributed by atoms with E-state index in [1.807, 2.05) is 0 Å². The molecule has 0 saturated carbocycles. The van der Waals surface area contributed by atoms with E-state index in [9.17, 15) is 0 Å². The quantitative estimate of drug-likeness (QED) is 0.416. The fourth-order valence-corrected chi connectivity index (χ4v) is 3.00. The molecular weight excluding hydrogens is 252 g/mol. The Balaban J connectivity index is 1.82. The van der Waals surface area contributed by atoms with Crippen LogP contribution in [0.2, 0.25) is 0 Å². The topological polar surface area (TPSA) is 0 Å². The largest absolute Gasteiger partial charge is 0.0622 e. The van der Waals surface area contributed by atoms with Gasteiger partial charge in [-0.2, -0.15) is 0 Å². The van der Waals surface area contributed by atoms with Crippen molar-refractivity contribution in [3.05, 3.63) is 96.1 Å². The fourth-order valence-electron chi connectivity index (χ4n) is 3.00. The fraction of sp³-hybridized carbons (Fsp3) is 0.0476. The second kappa shape index (κ2) is 5.06. The van der Waals surface area contributed by atoms with E-state index in [2.05, 4.69) is 84.9 Å². The first-order chi connectivity index (χ1) is 10.4. The van der Waals surface area contributed by atoms with Crippen LogP contribution in [0, 0.1) is 0 Å². The van der Waals surface area contributed by atoms with Crippen LogP contribution in [-0.4, -0.2) is 0 Å². The molecule has 0 spiro atoms. The Kier molecular flexibility index (Phi) is 2.93. The van der Waals surface area contributed by atoms with Crippen LogP contribution < -0.4 is 0 Å². The van der Waals surface area contributed by atoms with Gasteiger partial charge in [0.1, 0.15) is 0 Å². The Bertz CT molecular complexity index is 905. The van der Waals surface area contributed by atoms with Crippen LogP contribution in [0.25, 0.3) is 21.5 Å². The van der Waals surface area contributed by atoms with Crippen molar-refractivity contribution in [3.63, 3.8) is 0 Å². The zero-order valence-electron chi connectivity index (χ0n) is 11.8. The van der Waals surface area contributed by atoms with Crippen molar-refractivity contribution in [2.24, 2.45) is 0 Å². The summed E-state index contributed by atoms with van der Waals surface area (Å²) >= 11 is 0. The molecule has 0 unspecified atom stereocenters. The Hall–Kier alpha value is -2.60. The summed E-state index contributed by atoms with van der Waals surface area (Å²) in [5, 5.41) is 5.30. The molecule has 0 bridgehead atoms. The molecule has 0 N–H and O–H groups in total. The molecule has 4 rings (SSSR count). The first kappa shape index (κ1) is 12.2. The normalized spacial score (nSPS) is 11.0. The standard InChI is InChI=1S/C21H16/c1-2-6-16(7-3-1)14-17-10-13-21-19(15-17)12-11-18-8-4-5-9-20(18)21/h1-13,15H,14H2. The van der Waals surface area contributed by atoms with Gasteiger partial charge in [0.15, 0.2) is 0 Å². The molecule has 0 aliphatic carbocycles. The lowest BCUT2D eigenvalue weighted by Crippen LogP contribution is -1.88. The van der Waals surface area contributed by atoms with Crippen LogP contribution in [0.5, 0.6) is 0 Å². The summed E-state index contributed by atoms with van der Waals surface area (Å²) in [5.41, 5.74) is 2.72. The lowest BCUT2D eigenvalue weighted by molar-refractivity contribution is 1.20. The van der Waals surface area contributed by atoms with Gasteiger partial charge in [-0.1, -0.05) is 84.9 Å². The van der Waals surface area contributed by atoms with E-state index in [0.29, 0.717) is 0 Å². The molecule has 0 amide bonds. The van der Waals surface area contributed by atoms with Crippen LogP contribution >= 0.6 is 0 Å². The van der Waals surface area contributed by atoms with Crippen molar-refractivity contribution in [3.8, 4) is 0 Å². The van der Waals surface area contributed by atoms with E-state index in [-0.39, 0.29) is 0 Å². The third kappa shape index (κ3) is 2.30. The van der Waals surface area contributed by atoms with Gasteiger partial charge < -0.3 is 0 Å². The maximum absolute atomic E-state index is 2.31. The molecule has 0 heteroatoms. The number of benzene rings is 4. The van der Waals surface area contributed by atoms with Crippen molar-refractivity contribution < 1.29 is 0 Å². The van der Waals surface area contributed by atoms with Gasteiger partial charge in [0.2, 0.25) is 0 Å². The zero-order chi connectivity index (χ0) is 14.1. The predicted octanol–water partition coefficient (Wildman–Crippen LogP) is 5.58. The lowest BCUT2D eigenvalue weighted by atomic mass is 9.98. The molecule has 0 fully saturated rings. The molecule has 0 aromatic heterocycles. The molecule has 0 saturated heterocycles. The van der Waals surface area contributed by atoms with Crippen molar-refractivity contribution >= 4 is 21.5 Å². The molecule has 0 aliphatic heterocycles. The highest BCUT2D eigenvalue weighted by molar-refractivity contribution is 6.07. The first-order valence-electron chi connectivity index (χ1n) is 7.34. The molecule has 0 atom stereocenters. The molecule has 21 heavy (non-hydrogen) atoms. The van der Waals surface area contributed by atoms with E-state index in [1.54, 1.807) is 0 Å². The molecular formula is C21H16. The molecule has 0 aliphatic rings. The van der Waals surface area contributed by atoms with Gasteiger partial charge >= 0.3 is 0 Å². The lowest BCUT2D eigenvalue weighted by Gasteiger charge is -2.07. The van der Waals surface area contributed by atoms with Crippen LogP contribution in [-0.2, 0) is 6.42 Å². The SMILES string of the molecule is c1ccc(Cc2ccc3c(ccc4ccccc43)c2)cc1. The van der Waals surface area contributed by atoms with Gasteiger partial charge in [-0.15, -0.1) is 0 Å². The summed E-state index contributed by atoms with van der Waals surface area (Å²) < 4.78 is 0. The number of fused-ring (bicyclic) bond motifs is 3. The maximum atomic E-state index is 2.31. The van der Waals surface area contributed by atoms with Gasteiger partial charge in [-0.05, 0) is 39.1 Å². The molecule has 100 valence electrons. The Morgan fingerprint density at radius 3 is 2.10 bits per heavy atom. The highest BCUT2D eigenvalue weighted by Crippen LogP contribution is 2.26. The first-order valence-corrected chi connectivity index (χ1v) is 7.34. The van der Waals surface area contributed by atoms with Gasteiger partial charge in [0, 0.05) is 0 Å². The zero-order valence-corrected chi connectivity index (χ0v) is 11.8. The second-order valence-electron chi connectivity index (χ2n) is 5.50. The van der Waals surface area contributed by atoms with Crippen LogP contribution in [0.1, 0.15) is 11.1 Å². The minimum atomic E-state index is 0.990. The highest BCUT2D eigenvalue weighted by atomic mass is 14.1. The molecule has 4 aromatic rings. The summed E-state index contributed by atoms with van der Waals surface area (Å²) in [4.78, 5) is 0. The van der Waals surface area contributed by atoms with Crippen molar-refractivity contribution in [1.29, 1.82) is 0 Å². The Morgan fingerprint density at radius 1 is 0.476 bits per heavy atom. The van der Waals surface area contributed by atoms with E-state index < -0.39 is 0 Å². The van der Waals surface area contributed by atoms with Gasteiger partial charge in [0.05, 0.1) is 0 Å². The van der Waals surface area contributed by atoms with Gasteiger partial charge in [-0.25, -0.2) is 0 Å². The van der Waals surface area contributed by atoms with Crippen molar-refractivity contribution in [2.75, 3.05) is 0 Å². The van der Waals surface area contributed by atoms with E-state index in [0.717, 1.165) is 6.42 Å². The summed E-state index contributed by atoms with van der Waals surface area (Å²) in [6.45, 7) is 0. The summed E-state index contributed by atoms with van der Waals surface area (Å²) in [7, 11) is 0. The molecule has 4 aromatic carbocycles. The van der Waals surface area contributed by atoms with Crippen molar-refractivity contribution in [2.45, 2.75) is 6.42 Å². The average molecular weight is 268 g/mol. The van der Waals surface area contributed by atoms with Crippen molar-refractivity contribution in [1.82, 2.24) is 0 Å². The third-order valence-electron chi connectivity index (χ3n) is 4.06. The molecule has 0 heterocycles. The number of hydrogen-bond acceptors (Lipinski definition) is 0. The second-order valence-corrected chi connectivity index (χ2v) is 5.50. The van der Waals surface area contributed by atoms with E-state index >= 15 is 0 Å². The summed E-state index contributed by atoms with van der Waals surface area (Å²) in [6.07, 6.45) is 0.990. The minimum absolute atomic E-state index is 0.990. The van der Waals surface area contributed by atoms with Crippen LogP contribution in [0.3, 0.4) is 0 Å². The number of rotatable bonds is 2. The maximum Gasteiger partial charge on any atom is -0.00256 e. The molecule has 0 radical (unpaired) electrons. The highest BCUT2D eigenvalue weighted by Gasteiger charge is 2.02. The smallest absolute Gasteiger partial charge is 0.00256 e. The minimum Gasteiger partial charge on any atom is -0.0622 e. The number of hydrogen-bond donors (Lipinski definition) is 0. The van der Waals surface area contributed by atoms with E-state index in [4.69, 9.17) is 0 Å². The third-order valence-corrected chi connectivity index (χ3v) is 4.06. The Labute approximate surface area is 124 Å². The Morgan fingerprint density at radius 2 is 1.19 bits per heavy atom. The van der Waals surface area contributed by atoms with Crippen LogP contribution in [0.4, 0.5) is 0 Å². The van der Waals surface area contributed by atoms with Gasteiger partial charge in [-0.3, -0.25) is 0 Å².